The summed E-state index contributed by atoms with van der Waals surface area (Å²) in [7, 11) is 1.89. The molecule has 2 heterocycles. The van der Waals surface area contributed by atoms with Gasteiger partial charge in [-0.05, 0) is 19.9 Å². The van der Waals surface area contributed by atoms with Crippen LogP contribution >= 0.6 is 0 Å². The Morgan fingerprint density at radius 3 is 2.63 bits per heavy atom. The van der Waals surface area contributed by atoms with E-state index >= 15 is 0 Å². The highest BCUT2D eigenvalue weighted by atomic mass is 16.5. The Labute approximate surface area is 111 Å². The van der Waals surface area contributed by atoms with Crippen molar-refractivity contribution in [3.63, 3.8) is 0 Å². The minimum atomic E-state index is 0.481. The summed E-state index contributed by atoms with van der Waals surface area (Å²) in [5, 5.41) is 13.1. The Morgan fingerprint density at radius 1 is 1.32 bits per heavy atom. The molecule has 0 aliphatic heterocycles. The van der Waals surface area contributed by atoms with E-state index in [1.807, 2.05) is 31.9 Å². The highest BCUT2D eigenvalue weighted by Gasteiger charge is 2.14. The van der Waals surface area contributed by atoms with Gasteiger partial charge in [0.15, 0.2) is 5.82 Å². The van der Waals surface area contributed by atoms with Crippen LogP contribution in [0.1, 0.15) is 28.7 Å². The van der Waals surface area contributed by atoms with E-state index in [0.717, 1.165) is 17.1 Å². The Morgan fingerprint density at radius 2 is 2.05 bits per heavy atom. The van der Waals surface area contributed by atoms with Crippen molar-refractivity contribution in [2.75, 3.05) is 11.9 Å². The van der Waals surface area contributed by atoms with Gasteiger partial charge >= 0.3 is 0 Å². The number of rotatable bonds is 3. The second-order valence-electron chi connectivity index (χ2n) is 4.44. The zero-order valence-corrected chi connectivity index (χ0v) is 11.4. The monoisotopic (exact) mass is 257 g/mol. The molecule has 0 saturated heterocycles. The van der Waals surface area contributed by atoms with Crippen LogP contribution in [-0.2, 0) is 6.54 Å². The van der Waals surface area contributed by atoms with Crippen molar-refractivity contribution in [1.29, 1.82) is 5.26 Å². The van der Waals surface area contributed by atoms with Crippen LogP contribution < -0.4 is 4.90 Å². The van der Waals surface area contributed by atoms with E-state index in [-0.39, 0.29) is 0 Å². The number of pyridine rings is 1. The molecule has 6 nitrogen and oxygen atoms in total. The van der Waals surface area contributed by atoms with Crippen LogP contribution in [0.2, 0.25) is 0 Å². The normalized spacial score (nSPS) is 10.3. The summed E-state index contributed by atoms with van der Waals surface area (Å²) in [6.45, 7) is 5.97. The van der Waals surface area contributed by atoms with Crippen molar-refractivity contribution in [1.82, 2.24) is 15.1 Å². The fourth-order valence-electron chi connectivity index (χ4n) is 1.95. The predicted octanol–water partition coefficient (Wildman–Crippen LogP) is 1.90. The van der Waals surface area contributed by atoms with Crippen molar-refractivity contribution in [2.24, 2.45) is 0 Å². The summed E-state index contributed by atoms with van der Waals surface area (Å²) >= 11 is 0. The molecule has 2 aromatic heterocycles. The van der Waals surface area contributed by atoms with E-state index in [4.69, 9.17) is 4.52 Å². The van der Waals surface area contributed by atoms with Crippen molar-refractivity contribution in [3.8, 4) is 6.07 Å². The molecule has 0 N–H and O–H groups in total. The lowest BCUT2D eigenvalue weighted by molar-refractivity contribution is 0.387. The number of nitriles is 1. The first-order valence-electron chi connectivity index (χ1n) is 5.90. The molecule has 0 unspecified atom stereocenters. The maximum absolute atomic E-state index is 9.24. The van der Waals surface area contributed by atoms with Crippen molar-refractivity contribution >= 4 is 5.69 Å². The molecule has 0 saturated carbocycles. The number of hydrogen-bond donors (Lipinski definition) is 0. The maximum Gasteiger partial charge on any atom is 0.223 e. The lowest BCUT2D eigenvalue weighted by atomic mass is 10.1. The molecule has 98 valence electrons. The fraction of sp³-hybridized carbons (Fsp3) is 0.385. The Kier molecular flexibility index (Phi) is 3.47. The van der Waals surface area contributed by atoms with Crippen LogP contribution in [-0.4, -0.2) is 22.2 Å². The van der Waals surface area contributed by atoms with Gasteiger partial charge in [-0.3, -0.25) is 4.98 Å². The molecule has 0 spiro atoms. The number of hydrogen-bond acceptors (Lipinski definition) is 6. The van der Waals surface area contributed by atoms with Crippen LogP contribution in [0, 0.1) is 32.1 Å². The van der Waals surface area contributed by atoms with E-state index in [1.54, 1.807) is 6.92 Å². The first-order chi connectivity index (χ1) is 9.01. The van der Waals surface area contributed by atoms with Crippen LogP contribution in [0.25, 0.3) is 0 Å². The maximum atomic E-state index is 9.24. The average molecular weight is 257 g/mol. The first-order valence-corrected chi connectivity index (χ1v) is 5.90. The summed E-state index contributed by atoms with van der Waals surface area (Å²) in [5.74, 6) is 1.13. The number of nitrogens with zero attached hydrogens (tertiary/aromatic N) is 5. The van der Waals surface area contributed by atoms with E-state index in [1.165, 1.54) is 0 Å². The molecule has 2 aromatic rings. The van der Waals surface area contributed by atoms with Crippen molar-refractivity contribution < 1.29 is 4.52 Å². The molecule has 0 amide bonds. The third kappa shape index (κ3) is 2.71. The highest BCUT2D eigenvalue weighted by Crippen LogP contribution is 2.23. The van der Waals surface area contributed by atoms with Gasteiger partial charge in [-0.2, -0.15) is 10.2 Å². The Bertz CT molecular complexity index is 641. The third-order valence-electron chi connectivity index (χ3n) is 2.78. The van der Waals surface area contributed by atoms with E-state index in [9.17, 15) is 5.26 Å². The summed E-state index contributed by atoms with van der Waals surface area (Å²) in [5.41, 5.74) is 3.01. The lowest BCUT2D eigenvalue weighted by Crippen LogP contribution is -2.19. The minimum Gasteiger partial charge on any atom is -0.366 e. The molecule has 0 fully saturated rings. The van der Waals surface area contributed by atoms with Gasteiger partial charge in [-0.25, -0.2) is 0 Å². The van der Waals surface area contributed by atoms with Gasteiger partial charge in [-0.15, -0.1) is 0 Å². The van der Waals surface area contributed by atoms with Gasteiger partial charge in [0.1, 0.15) is 6.07 Å². The zero-order valence-electron chi connectivity index (χ0n) is 11.4. The molecule has 19 heavy (non-hydrogen) atoms. The van der Waals surface area contributed by atoms with E-state index in [2.05, 4.69) is 21.2 Å². The summed E-state index contributed by atoms with van der Waals surface area (Å²) in [6.07, 6.45) is 0. The van der Waals surface area contributed by atoms with Crippen molar-refractivity contribution in [3.05, 3.63) is 34.7 Å². The predicted molar refractivity (Wildman–Crippen MR) is 69.6 cm³/mol. The largest absolute Gasteiger partial charge is 0.366 e. The lowest BCUT2D eigenvalue weighted by Gasteiger charge is -2.19. The van der Waals surface area contributed by atoms with E-state index < -0.39 is 0 Å². The molecule has 0 aliphatic carbocycles. The summed E-state index contributed by atoms with van der Waals surface area (Å²) < 4.78 is 4.94. The molecular weight excluding hydrogens is 242 g/mol. The number of aromatic nitrogens is 3. The van der Waals surface area contributed by atoms with Gasteiger partial charge in [0, 0.05) is 19.7 Å². The highest BCUT2D eigenvalue weighted by molar-refractivity contribution is 5.61. The molecule has 0 aromatic carbocycles. The second-order valence-corrected chi connectivity index (χ2v) is 4.44. The minimum absolute atomic E-state index is 0.481. The van der Waals surface area contributed by atoms with Crippen LogP contribution in [0.3, 0.4) is 0 Å². The standard InChI is InChI=1S/C13H15N5O/c1-8-5-12(11(6-14)9(2)15-8)18(4)7-13-16-10(3)19-17-13/h5H,7H2,1-4H3. The molecule has 0 aliphatic rings. The fourth-order valence-corrected chi connectivity index (χ4v) is 1.95. The summed E-state index contributed by atoms with van der Waals surface area (Å²) in [6, 6.07) is 4.08. The molecule has 2 rings (SSSR count). The van der Waals surface area contributed by atoms with Gasteiger partial charge in [0.2, 0.25) is 5.89 Å². The number of aryl methyl sites for hydroxylation is 3. The SMILES string of the molecule is Cc1cc(N(C)Cc2noc(C)n2)c(C#N)c(C)n1. The number of anilines is 1. The average Bonchev–Trinajstić information content (AvgIpc) is 2.73. The quantitative estimate of drug-likeness (QED) is 0.835. The molecule has 0 radical (unpaired) electrons. The van der Waals surface area contributed by atoms with Gasteiger partial charge in [0.25, 0.3) is 0 Å². The van der Waals surface area contributed by atoms with Crippen molar-refractivity contribution in [2.45, 2.75) is 27.3 Å². The van der Waals surface area contributed by atoms with E-state index in [0.29, 0.717) is 23.8 Å². The van der Waals surface area contributed by atoms with Gasteiger partial charge in [-0.1, -0.05) is 5.16 Å². The third-order valence-corrected chi connectivity index (χ3v) is 2.78. The first kappa shape index (κ1) is 13.0. The molecular formula is C13H15N5O. The zero-order chi connectivity index (χ0) is 14.0. The molecule has 6 heteroatoms. The van der Waals surface area contributed by atoms with Crippen LogP contribution in [0.15, 0.2) is 10.6 Å². The smallest absolute Gasteiger partial charge is 0.223 e. The topological polar surface area (TPSA) is 78.8 Å². The van der Waals surface area contributed by atoms with Gasteiger partial charge in [0.05, 0.1) is 23.5 Å². The summed E-state index contributed by atoms with van der Waals surface area (Å²) in [4.78, 5) is 10.4. The Hall–Kier alpha value is -2.42. The Balaban J connectivity index is 2.33. The molecule has 0 bridgehead atoms. The van der Waals surface area contributed by atoms with Crippen LogP contribution in [0.4, 0.5) is 5.69 Å². The van der Waals surface area contributed by atoms with Crippen LogP contribution in [0.5, 0.6) is 0 Å². The second kappa shape index (κ2) is 5.06. The molecule has 0 atom stereocenters. The van der Waals surface area contributed by atoms with Gasteiger partial charge < -0.3 is 9.42 Å².